The van der Waals surface area contributed by atoms with Crippen molar-refractivity contribution in [1.29, 1.82) is 0 Å². The largest absolute Gasteiger partial charge is 0.392 e. The molecule has 4 nitrogen and oxygen atoms in total. The first-order valence-corrected chi connectivity index (χ1v) is 5.75. The van der Waals surface area contributed by atoms with E-state index >= 15 is 0 Å². The van der Waals surface area contributed by atoms with Gasteiger partial charge >= 0.3 is 0 Å². The van der Waals surface area contributed by atoms with E-state index in [0.29, 0.717) is 6.54 Å². The third-order valence-electron chi connectivity index (χ3n) is 2.10. The van der Waals surface area contributed by atoms with E-state index in [2.05, 4.69) is 10.3 Å². The monoisotopic (exact) mass is 243 g/mol. The molecule has 1 aromatic rings. The lowest BCUT2D eigenvalue weighted by molar-refractivity contribution is -0.126. The lowest BCUT2D eigenvalue weighted by Crippen LogP contribution is -2.44. The predicted octanol–water partition coefficient (Wildman–Crippen LogP) is 1.07. The van der Waals surface area contributed by atoms with E-state index in [4.69, 9.17) is 18.0 Å². The summed E-state index contributed by atoms with van der Waals surface area (Å²) in [6.45, 7) is 3.81. The molecule has 0 aliphatic carbocycles. The van der Waals surface area contributed by atoms with Gasteiger partial charge in [-0.3, -0.25) is 4.79 Å². The van der Waals surface area contributed by atoms with Crippen LogP contribution in [0.3, 0.4) is 0 Å². The number of thiazole rings is 1. The number of aromatic nitrogens is 1. The quantitative estimate of drug-likeness (QED) is 0.776. The Morgan fingerprint density at radius 1 is 1.73 bits per heavy atom. The molecule has 0 saturated carbocycles. The lowest BCUT2D eigenvalue weighted by atomic mass is 9.92. The van der Waals surface area contributed by atoms with Crippen molar-refractivity contribution in [1.82, 2.24) is 10.3 Å². The van der Waals surface area contributed by atoms with E-state index in [1.165, 1.54) is 11.3 Å². The van der Waals surface area contributed by atoms with E-state index in [1.807, 2.05) is 5.38 Å². The van der Waals surface area contributed by atoms with E-state index in [1.54, 1.807) is 19.4 Å². The molecule has 0 bridgehead atoms. The van der Waals surface area contributed by atoms with E-state index in [-0.39, 0.29) is 10.9 Å². The normalized spacial score (nSPS) is 11.1. The van der Waals surface area contributed by atoms with Crippen LogP contribution in [0.4, 0.5) is 0 Å². The molecule has 0 radical (unpaired) electrons. The molecule has 82 valence electrons. The van der Waals surface area contributed by atoms with Crippen LogP contribution in [0, 0.1) is 5.41 Å². The molecule has 0 aromatic carbocycles. The van der Waals surface area contributed by atoms with Crippen molar-refractivity contribution in [3.63, 3.8) is 0 Å². The van der Waals surface area contributed by atoms with Crippen LogP contribution in [0.25, 0.3) is 0 Å². The van der Waals surface area contributed by atoms with Crippen LogP contribution in [0.1, 0.15) is 19.5 Å². The number of nitrogens with zero attached hydrogens (tertiary/aromatic N) is 1. The minimum atomic E-state index is -0.814. The van der Waals surface area contributed by atoms with Gasteiger partial charge in [0, 0.05) is 5.38 Å². The van der Waals surface area contributed by atoms with Gasteiger partial charge < -0.3 is 11.1 Å². The van der Waals surface area contributed by atoms with Gasteiger partial charge in [0.15, 0.2) is 0 Å². The zero-order valence-corrected chi connectivity index (χ0v) is 10.2. The maximum Gasteiger partial charge on any atom is 0.232 e. The summed E-state index contributed by atoms with van der Waals surface area (Å²) in [5.74, 6) is -0.178. The molecule has 0 aliphatic heterocycles. The number of amides is 1. The molecule has 6 heteroatoms. The first-order valence-electron chi connectivity index (χ1n) is 4.40. The van der Waals surface area contributed by atoms with Crippen molar-refractivity contribution in [3.8, 4) is 0 Å². The predicted molar refractivity (Wildman–Crippen MR) is 64.5 cm³/mol. The van der Waals surface area contributed by atoms with Gasteiger partial charge in [0.05, 0.1) is 28.2 Å². The minimum absolute atomic E-state index is 0.178. The number of hydrogen-bond donors (Lipinski definition) is 2. The average molecular weight is 243 g/mol. The molecule has 0 fully saturated rings. The summed E-state index contributed by atoms with van der Waals surface area (Å²) in [6, 6.07) is 0. The average Bonchev–Trinajstić information content (AvgIpc) is 2.66. The second-order valence-corrected chi connectivity index (χ2v) is 4.81. The number of thiocarbonyl (C=S) groups is 1. The third kappa shape index (κ3) is 2.97. The Balaban J connectivity index is 2.53. The lowest BCUT2D eigenvalue weighted by Gasteiger charge is -2.21. The Kier molecular flexibility index (Phi) is 3.76. The third-order valence-corrected chi connectivity index (χ3v) is 3.24. The second-order valence-electron chi connectivity index (χ2n) is 3.65. The van der Waals surface area contributed by atoms with Gasteiger partial charge in [0.25, 0.3) is 0 Å². The molecule has 3 N–H and O–H groups in total. The number of rotatable bonds is 4. The minimum Gasteiger partial charge on any atom is -0.392 e. The van der Waals surface area contributed by atoms with Gasteiger partial charge in [0.2, 0.25) is 5.91 Å². The zero-order valence-electron chi connectivity index (χ0n) is 8.61. The van der Waals surface area contributed by atoms with Crippen molar-refractivity contribution in [2.75, 3.05) is 0 Å². The number of hydrogen-bond acceptors (Lipinski definition) is 4. The highest BCUT2D eigenvalue weighted by Crippen LogP contribution is 2.15. The van der Waals surface area contributed by atoms with Crippen molar-refractivity contribution in [2.45, 2.75) is 20.4 Å². The van der Waals surface area contributed by atoms with Crippen LogP contribution in [-0.2, 0) is 11.3 Å². The summed E-state index contributed by atoms with van der Waals surface area (Å²) in [5.41, 5.74) is 7.23. The molecule has 1 heterocycles. The molecular formula is C9H13N3OS2. The number of nitrogens with one attached hydrogen (secondary N) is 1. The summed E-state index contributed by atoms with van der Waals surface area (Å²) in [6.07, 6.45) is 0. The highest BCUT2D eigenvalue weighted by Gasteiger charge is 2.30. The number of carbonyl (C=O) groups is 1. The van der Waals surface area contributed by atoms with Gasteiger partial charge in [-0.05, 0) is 13.8 Å². The fourth-order valence-electron chi connectivity index (χ4n) is 0.829. The van der Waals surface area contributed by atoms with Crippen molar-refractivity contribution < 1.29 is 4.79 Å². The molecule has 0 aliphatic rings. The van der Waals surface area contributed by atoms with Crippen molar-refractivity contribution >= 4 is 34.5 Å². The molecule has 0 unspecified atom stereocenters. The molecule has 1 rings (SSSR count). The van der Waals surface area contributed by atoms with E-state index in [0.717, 1.165) is 5.69 Å². The van der Waals surface area contributed by atoms with Crippen LogP contribution in [0.2, 0.25) is 0 Å². The van der Waals surface area contributed by atoms with Gasteiger partial charge in [0.1, 0.15) is 0 Å². The SMILES string of the molecule is CC(C)(C(=O)NCc1cscn1)C(N)=S. The Labute approximate surface area is 97.9 Å². The van der Waals surface area contributed by atoms with Gasteiger partial charge in [-0.15, -0.1) is 11.3 Å². The fraction of sp³-hybridized carbons (Fsp3) is 0.444. The molecule has 0 saturated heterocycles. The Morgan fingerprint density at radius 2 is 2.40 bits per heavy atom. The van der Waals surface area contributed by atoms with Gasteiger partial charge in [-0.1, -0.05) is 12.2 Å². The molecule has 1 amide bonds. The van der Waals surface area contributed by atoms with Crippen LogP contribution in [-0.4, -0.2) is 15.9 Å². The molecule has 15 heavy (non-hydrogen) atoms. The van der Waals surface area contributed by atoms with Crippen molar-refractivity contribution in [3.05, 3.63) is 16.6 Å². The summed E-state index contributed by atoms with van der Waals surface area (Å²) >= 11 is 6.32. The Hall–Kier alpha value is -1.01. The zero-order chi connectivity index (χ0) is 11.5. The first kappa shape index (κ1) is 12.1. The summed E-state index contributed by atoms with van der Waals surface area (Å²) in [5, 5.41) is 4.63. The van der Waals surface area contributed by atoms with Gasteiger partial charge in [-0.2, -0.15) is 0 Å². The Bertz CT molecular complexity index is 359. The van der Waals surface area contributed by atoms with Crippen LogP contribution < -0.4 is 11.1 Å². The van der Waals surface area contributed by atoms with Crippen LogP contribution in [0.5, 0.6) is 0 Å². The van der Waals surface area contributed by atoms with Crippen molar-refractivity contribution in [2.24, 2.45) is 11.1 Å². The molecule has 0 atom stereocenters. The number of carbonyl (C=O) groups excluding carboxylic acids is 1. The maximum absolute atomic E-state index is 11.7. The molecule has 1 aromatic heterocycles. The molecular weight excluding hydrogens is 230 g/mol. The highest BCUT2D eigenvalue weighted by atomic mass is 32.1. The fourth-order valence-corrected chi connectivity index (χ4v) is 1.48. The summed E-state index contributed by atoms with van der Waals surface area (Å²) in [4.78, 5) is 15.9. The molecule has 0 spiro atoms. The second kappa shape index (κ2) is 4.67. The van der Waals surface area contributed by atoms with Crippen LogP contribution >= 0.6 is 23.6 Å². The number of nitrogens with two attached hydrogens (primary N) is 1. The first-order chi connectivity index (χ1) is 6.94. The van der Waals surface area contributed by atoms with E-state index in [9.17, 15) is 4.79 Å². The smallest absolute Gasteiger partial charge is 0.232 e. The Morgan fingerprint density at radius 3 is 2.87 bits per heavy atom. The standard InChI is InChI=1S/C9H13N3OS2/c1-9(2,7(10)14)8(13)11-3-6-4-15-5-12-6/h4-5H,3H2,1-2H3,(H2,10,14)(H,11,13). The van der Waals surface area contributed by atoms with E-state index < -0.39 is 5.41 Å². The summed E-state index contributed by atoms with van der Waals surface area (Å²) in [7, 11) is 0. The topological polar surface area (TPSA) is 68.0 Å². The summed E-state index contributed by atoms with van der Waals surface area (Å²) < 4.78 is 0. The van der Waals surface area contributed by atoms with Gasteiger partial charge in [-0.25, -0.2) is 4.98 Å². The highest BCUT2D eigenvalue weighted by molar-refractivity contribution is 7.80. The maximum atomic E-state index is 11.7. The van der Waals surface area contributed by atoms with Crippen LogP contribution in [0.15, 0.2) is 10.9 Å².